The summed E-state index contributed by atoms with van der Waals surface area (Å²) in [5.41, 5.74) is 2.06. The van der Waals surface area contributed by atoms with E-state index >= 15 is 0 Å². The number of benzene rings is 1. The number of halogens is 3. The predicted molar refractivity (Wildman–Crippen MR) is 86.0 cm³/mol. The summed E-state index contributed by atoms with van der Waals surface area (Å²) in [5, 5.41) is 7.66. The highest BCUT2D eigenvalue weighted by Gasteiger charge is 2.34. The molecule has 0 bridgehead atoms. The van der Waals surface area contributed by atoms with Crippen LogP contribution in [0.2, 0.25) is 0 Å². The zero-order valence-corrected chi connectivity index (χ0v) is 13.5. The van der Waals surface area contributed by atoms with E-state index in [-0.39, 0.29) is 12.1 Å². The van der Waals surface area contributed by atoms with E-state index < -0.39 is 12.7 Å². The summed E-state index contributed by atoms with van der Waals surface area (Å²) in [6.45, 7) is 2.13. The smallest absolute Gasteiger partial charge is 0.306 e. The molecule has 1 aromatic carbocycles. The van der Waals surface area contributed by atoms with Crippen molar-refractivity contribution in [1.82, 2.24) is 20.0 Å². The first-order chi connectivity index (χ1) is 11.4. The molecule has 2 heterocycles. The molecule has 0 unspecified atom stereocenters. The minimum atomic E-state index is -4.13. The van der Waals surface area contributed by atoms with Crippen LogP contribution in [0.5, 0.6) is 0 Å². The molecule has 1 aliphatic heterocycles. The lowest BCUT2D eigenvalue weighted by molar-refractivity contribution is -0.143. The minimum absolute atomic E-state index is 0.0661. The summed E-state index contributed by atoms with van der Waals surface area (Å²) in [7, 11) is 0. The van der Waals surface area contributed by atoms with Gasteiger partial charge in [-0.2, -0.15) is 18.3 Å². The van der Waals surface area contributed by atoms with Crippen molar-refractivity contribution in [1.29, 1.82) is 0 Å². The molecule has 130 valence electrons. The fraction of sp³-hybridized carbons (Fsp3) is 0.471. The van der Waals surface area contributed by atoms with Gasteiger partial charge in [0.25, 0.3) is 0 Å². The van der Waals surface area contributed by atoms with Crippen LogP contribution in [0.15, 0.2) is 42.7 Å². The summed E-state index contributed by atoms with van der Waals surface area (Å²) in [5.74, 6) is 0. The van der Waals surface area contributed by atoms with Gasteiger partial charge >= 0.3 is 6.18 Å². The number of nitrogens with one attached hydrogen (secondary N) is 1. The topological polar surface area (TPSA) is 33.1 Å². The molecule has 1 aliphatic rings. The third-order valence-corrected chi connectivity index (χ3v) is 4.30. The van der Waals surface area contributed by atoms with Gasteiger partial charge in [-0.25, -0.2) is 4.68 Å². The Labute approximate surface area is 139 Å². The van der Waals surface area contributed by atoms with Crippen molar-refractivity contribution in [3.05, 3.63) is 48.3 Å². The molecule has 0 spiro atoms. The van der Waals surface area contributed by atoms with Crippen LogP contribution in [-0.2, 0) is 0 Å². The maximum Gasteiger partial charge on any atom is 0.401 e. The molecule has 7 heteroatoms. The van der Waals surface area contributed by atoms with E-state index in [4.69, 9.17) is 0 Å². The lowest BCUT2D eigenvalue weighted by Crippen LogP contribution is -2.37. The highest BCUT2D eigenvalue weighted by Crippen LogP contribution is 2.22. The molecule has 1 N–H and O–H groups in total. The van der Waals surface area contributed by atoms with E-state index in [1.807, 2.05) is 43.5 Å². The zero-order chi connectivity index (χ0) is 17.2. The normalized spacial score (nSPS) is 20.4. The molecular formula is C17H21F3N4. The Balaban J connectivity index is 1.60. The first kappa shape index (κ1) is 17.0. The Morgan fingerprint density at radius 1 is 1.33 bits per heavy atom. The SMILES string of the molecule is C[C@H](N[C@H]1CCN(CC(F)(F)F)C1)c1cccc(-n2cccn2)c1. The third-order valence-electron chi connectivity index (χ3n) is 4.30. The first-order valence-electron chi connectivity index (χ1n) is 8.06. The number of rotatable bonds is 5. The molecule has 1 saturated heterocycles. The van der Waals surface area contributed by atoms with Crippen molar-refractivity contribution < 1.29 is 13.2 Å². The fourth-order valence-electron chi connectivity index (χ4n) is 3.17. The summed E-state index contributed by atoms with van der Waals surface area (Å²) < 4.78 is 39.2. The molecule has 0 amide bonds. The van der Waals surface area contributed by atoms with Crippen molar-refractivity contribution in [2.75, 3.05) is 19.6 Å². The number of nitrogens with zero attached hydrogens (tertiary/aromatic N) is 3. The predicted octanol–water partition coefficient (Wildman–Crippen LogP) is 3.16. The van der Waals surface area contributed by atoms with Crippen LogP contribution in [0.25, 0.3) is 5.69 Å². The van der Waals surface area contributed by atoms with Gasteiger partial charge in [0.2, 0.25) is 0 Å². The van der Waals surface area contributed by atoms with Gasteiger partial charge < -0.3 is 5.32 Å². The van der Waals surface area contributed by atoms with Gasteiger partial charge in [-0.05, 0) is 37.1 Å². The van der Waals surface area contributed by atoms with Crippen molar-refractivity contribution in [2.45, 2.75) is 31.6 Å². The second-order valence-corrected chi connectivity index (χ2v) is 6.27. The van der Waals surface area contributed by atoms with Crippen LogP contribution in [0.3, 0.4) is 0 Å². The lowest BCUT2D eigenvalue weighted by Gasteiger charge is -2.22. The van der Waals surface area contributed by atoms with Gasteiger partial charge in [0.1, 0.15) is 0 Å². The Morgan fingerprint density at radius 2 is 2.17 bits per heavy atom. The molecule has 0 radical (unpaired) electrons. The second kappa shape index (κ2) is 6.94. The fourth-order valence-corrected chi connectivity index (χ4v) is 3.17. The monoisotopic (exact) mass is 338 g/mol. The van der Waals surface area contributed by atoms with Gasteiger partial charge in [-0.3, -0.25) is 4.90 Å². The number of aromatic nitrogens is 2. The summed E-state index contributed by atoms with van der Waals surface area (Å²) in [6, 6.07) is 10.0. The number of alkyl halides is 3. The van der Waals surface area contributed by atoms with Gasteiger partial charge in [0.05, 0.1) is 12.2 Å². The van der Waals surface area contributed by atoms with E-state index in [0.717, 1.165) is 17.7 Å². The minimum Gasteiger partial charge on any atom is -0.306 e. The van der Waals surface area contributed by atoms with Crippen molar-refractivity contribution in [2.24, 2.45) is 0 Å². The van der Waals surface area contributed by atoms with Crippen LogP contribution < -0.4 is 5.32 Å². The molecule has 24 heavy (non-hydrogen) atoms. The summed E-state index contributed by atoms with van der Waals surface area (Å²) in [6.07, 6.45) is 0.211. The molecule has 1 fully saturated rings. The van der Waals surface area contributed by atoms with Gasteiger partial charge in [0.15, 0.2) is 0 Å². The lowest BCUT2D eigenvalue weighted by atomic mass is 10.1. The molecule has 2 aromatic rings. The molecule has 4 nitrogen and oxygen atoms in total. The van der Waals surface area contributed by atoms with Crippen LogP contribution in [0, 0.1) is 0 Å². The highest BCUT2D eigenvalue weighted by molar-refractivity contribution is 5.36. The van der Waals surface area contributed by atoms with E-state index in [1.54, 1.807) is 10.9 Å². The van der Waals surface area contributed by atoms with Crippen molar-refractivity contribution in [3.63, 3.8) is 0 Å². The highest BCUT2D eigenvalue weighted by atomic mass is 19.4. The van der Waals surface area contributed by atoms with Gasteiger partial charge in [-0.1, -0.05) is 12.1 Å². The largest absolute Gasteiger partial charge is 0.401 e. The van der Waals surface area contributed by atoms with Crippen molar-refractivity contribution in [3.8, 4) is 5.69 Å². The van der Waals surface area contributed by atoms with E-state index in [1.165, 1.54) is 4.90 Å². The van der Waals surface area contributed by atoms with Crippen LogP contribution in [-0.4, -0.2) is 46.5 Å². The average molecular weight is 338 g/mol. The standard InChI is InChI=1S/C17H21F3N4/c1-13(22-15-6-9-23(11-15)12-17(18,19)20)14-4-2-5-16(10-14)24-8-3-7-21-24/h2-5,7-8,10,13,15,22H,6,9,11-12H2,1H3/t13-,15-/m0/s1. The van der Waals surface area contributed by atoms with Crippen molar-refractivity contribution >= 4 is 0 Å². The van der Waals surface area contributed by atoms with Crippen LogP contribution >= 0.6 is 0 Å². The van der Waals surface area contributed by atoms with E-state index in [9.17, 15) is 13.2 Å². The molecule has 0 aliphatic carbocycles. The first-order valence-corrected chi connectivity index (χ1v) is 8.06. The Kier molecular flexibility index (Phi) is 4.91. The van der Waals surface area contributed by atoms with Crippen LogP contribution in [0.1, 0.15) is 24.9 Å². The van der Waals surface area contributed by atoms with Gasteiger partial charge in [0, 0.05) is 37.6 Å². The average Bonchev–Trinajstić information content (AvgIpc) is 3.18. The third kappa shape index (κ3) is 4.36. The van der Waals surface area contributed by atoms with E-state index in [2.05, 4.69) is 10.4 Å². The Morgan fingerprint density at radius 3 is 2.88 bits per heavy atom. The second-order valence-electron chi connectivity index (χ2n) is 6.27. The van der Waals surface area contributed by atoms with Gasteiger partial charge in [-0.15, -0.1) is 0 Å². The summed E-state index contributed by atoms with van der Waals surface area (Å²) >= 11 is 0. The quantitative estimate of drug-likeness (QED) is 0.909. The maximum absolute atomic E-state index is 12.5. The molecule has 0 saturated carbocycles. The molecule has 2 atom stereocenters. The number of hydrogen-bond donors (Lipinski definition) is 1. The Bertz CT molecular complexity index is 654. The zero-order valence-electron chi connectivity index (χ0n) is 13.5. The summed E-state index contributed by atoms with van der Waals surface area (Å²) in [4.78, 5) is 1.46. The van der Waals surface area contributed by atoms with Crippen LogP contribution in [0.4, 0.5) is 13.2 Å². The number of likely N-dealkylation sites (tertiary alicyclic amines) is 1. The Hall–Kier alpha value is -1.86. The molecular weight excluding hydrogens is 317 g/mol. The molecule has 1 aromatic heterocycles. The number of hydrogen-bond acceptors (Lipinski definition) is 3. The maximum atomic E-state index is 12.5. The van der Waals surface area contributed by atoms with E-state index in [0.29, 0.717) is 13.1 Å². The molecule has 3 rings (SSSR count).